The van der Waals surface area contributed by atoms with Crippen LogP contribution in [-0.2, 0) is 9.59 Å². The molecule has 0 unspecified atom stereocenters. The molecule has 0 fully saturated rings. The summed E-state index contributed by atoms with van der Waals surface area (Å²) in [5, 5.41) is -0.0811. The third-order valence-electron chi connectivity index (χ3n) is 2.58. The molecule has 0 bridgehead atoms. The first-order valence-corrected chi connectivity index (χ1v) is 9.19. The van der Waals surface area contributed by atoms with Gasteiger partial charge in [-0.3, -0.25) is 9.59 Å². The average Bonchev–Trinajstić information content (AvgIpc) is 2.81. The minimum atomic E-state index is -0.418. The molecule has 2 rings (SSSR count). The van der Waals surface area contributed by atoms with E-state index in [0.717, 1.165) is 21.7 Å². The number of carbonyl (C=O) groups excluding carboxylic acids is 2. The number of aliphatic imine (C=N–C) groups is 1. The van der Waals surface area contributed by atoms with Gasteiger partial charge in [0.05, 0.1) is 10.7 Å². The second-order valence-corrected chi connectivity index (χ2v) is 7.31. The Bertz CT molecular complexity index is 700. The molecule has 0 saturated carbocycles. The molecule has 116 valence electrons. The number of nitrogens with zero attached hydrogens (tertiary/aromatic N) is 1. The Morgan fingerprint density at radius 1 is 1.45 bits per heavy atom. The summed E-state index contributed by atoms with van der Waals surface area (Å²) in [7, 11) is 1.50. The highest BCUT2D eigenvalue weighted by molar-refractivity contribution is 14.1. The monoisotopic (exact) mass is 449 g/mol. The number of hydrogen-bond acceptors (Lipinski definition) is 7. The molecule has 1 aliphatic rings. The average molecular weight is 449 g/mol. The van der Waals surface area contributed by atoms with Crippen LogP contribution in [0.25, 0.3) is 6.08 Å². The van der Waals surface area contributed by atoms with Gasteiger partial charge in [-0.25, -0.2) is 4.99 Å². The van der Waals surface area contributed by atoms with Gasteiger partial charge in [-0.1, -0.05) is 0 Å². The summed E-state index contributed by atoms with van der Waals surface area (Å²) in [6.45, 7) is 1.33. The van der Waals surface area contributed by atoms with Gasteiger partial charge in [0.1, 0.15) is 10.1 Å². The van der Waals surface area contributed by atoms with Gasteiger partial charge >= 0.3 is 5.97 Å². The van der Waals surface area contributed by atoms with Crippen molar-refractivity contribution in [3.05, 3.63) is 27.0 Å². The number of methoxy groups -OCH3 is 1. The van der Waals surface area contributed by atoms with Gasteiger partial charge in [-0.15, -0.1) is 11.8 Å². The topological polar surface area (TPSA) is 65.0 Å². The van der Waals surface area contributed by atoms with Crippen LogP contribution in [0.3, 0.4) is 0 Å². The van der Waals surface area contributed by atoms with Crippen LogP contribution in [-0.4, -0.2) is 28.8 Å². The standard InChI is InChI=1S/C14H12INO4S2/c1-7(17)20-12-9(15)4-8(6-11(12)19-2)5-10-13(18)22-14(16-10)21-3/h4-6H,1-3H3. The van der Waals surface area contributed by atoms with E-state index in [1.807, 2.05) is 6.26 Å². The molecule has 1 aromatic rings. The molecule has 0 saturated heterocycles. The second-order valence-electron chi connectivity index (χ2n) is 4.13. The lowest BCUT2D eigenvalue weighted by Gasteiger charge is -2.11. The Morgan fingerprint density at radius 3 is 2.73 bits per heavy atom. The highest BCUT2D eigenvalue weighted by atomic mass is 127. The molecule has 0 amide bonds. The number of hydrogen-bond donors (Lipinski definition) is 0. The lowest BCUT2D eigenvalue weighted by atomic mass is 10.1. The van der Waals surface area contributed by atoms with E-state index in [2.05, 4.69) is 27.6 Å². The maximum atomic E-state index is 11.9. The molecule has 0 radical (unpaired) electrons. The van der Waals surface area contributed by atoms with Crippen molar-refractivity contribution in [2.75, 3.05) is 13.4 Å². The van der Waals surface area contributed by atoms with E-state index in [0.29, 0.717) is 20.8 Å². The van der Waals surface area contributed by atoms with Crippen molar-refractivity contribution >= 4 is 67.7 Å². The Labute approximate surface area is 150 Å². The third kappa shape index (κ3) is 4.05. The first kappa shape index (κ1) is 17.4. The van der Waals surface area contributed by atoms with Crippen molar-refractivity contribution in [2.24, 2.45) is 4.99 Å². The summed E-state index contributed by atoms with van der Waals surface area (Å²) in [5.41, 5.74) is 1.15. The quantitative estimate of drug-likeness (QED) is 0.305. The van der Waals surface area contributed by atoms with Crippen molar-refractivity contribution in [3.8, 4) is 11.5 Å². The summed E-state index contributed by atoms with van der Waals surface area (Å²) in [5.74, 6) is 0.387. The van der Waals surface area contributed by atoms with Crippen molar-refractivity contribution in [1.29, 1.82) is 0 Å². The lowest BCUT2D eigenvalue weighted by Crippen LogP contribution is -2.05. The first-order chi connectivity index (χ1) is 10.4. The number of ether oxygens (including phenoxy) is 2. The molecular weight excluding hydrogens is 437 g/mol. The predicted octanol–water partition coefficient (Wildman–Crippen LogP) is 3.56. The number of carbonyl (C=O) groups is 2. The zero-order valence-electron chi connectivity index (χ0n) is 12.0. The van der Waals surface area contributed by atoms with Gasteiger partial charge in [-0.05, 0) is 64.4 Å². The zero-order chi connectivity index (χ0) is 16.3. The number of esters is 1. The maximum absolute atomic E-state index is 11.9. The molecular formula is C14H12INO4S2. The fourth-order valence-electron chi connectivity index (χ4n) is 1.70. The van der Waals surface area contributed by atoms with Crippen LogP contribution in [0.1, 0.15) is 12.5 Å². The largest absolute Gasteiger partial charge is 0.493 e. The molecule has 1 aliphatic heterocycles. The molecule has 0 spiro atoms. The number of rotatable bonds is 3. The lowest BCUT2D eigenvalue weighted by molar-refractivity contribution is -0.132. The molecule has 1 aromatic carbocycles. The van der Waals surface area contributed by atoms with Crippen molar-refractivity contribution in [3.63, 3.8) is 0 Å². The van der Waals surface area contributed by atoms with Crippen LogP contribution < -0.4 is 9.47 Å². The van der Waals surface area contributed by atoms with Crippen molar-refractivity contribution < 1.29 is 19.1 Å². The van der Waals surface area contributed by atoms with E-state index >= 15 is 0 Å². The fraction of sp³-hybridized carbons (Fsp3) is 0.214. The normalized spacial score (nSPS) is 15.9. The van der Waals surface area contributed by atoms with Crippen LogP contribution in [0.2, 0.25) is 0 Å². The number of halogens is 1. The SMILES string of the molecule is COc1cc(C=C2N=C(SC)SC2=O)cc(I)c1OC(C)=O. The molecule has 1 heterocycles. The van der Waals surface area contributed by atoms with Crippen LogP contribution in [0.15, 0.2) is 22.8 Å². The van der Waals surface area contributed by atoms with E-state index in [1.54, 1.807) is 18.2 Å². The van der Waals surface area contributed by atoms with Gasteiger partial charge in [0.2, 0.25) is 5.12 Å². The first-order valence-electron chi connectivity index (χ1n) is 6.07. The van der Waals surface area contributed by atoms with Crippen LogP contribution in [0.5, 0.6) is 11.5 Å². The van der Waals surface area contributed by atoms with E-state index < -0.39 is 5.97 Å². The highest BCUT2D eigenvalue weighted by Crippen LogP contribution is 2.36. The van der Waals surface area contributed by atoms with E-state index in [4.69, 9.17) is 9.47 Å². The maximum Gasteiger partial charge on any atom is 0.308 e. The molecule has 8 heteroatoms. The molecule has 5 nitrogen and oxygen atoms in total. The zero-order valence-corrected chi connectivity index (χ0v) is 15.8. The Kier molecular flexibility index (Phi) is 5.93. The van der Waals surface area contributed by atoms with Gasteiger partial charge < -0.3 is 9.47 Å². The van der Waals surface area contributed by atoms with Crippen molar-refractivity contribution in [2.45, 2.75) is 6.92 Å². The van der Waals surface area contributed by atoms with E-state index in [1.165, 1.54) is 25.8 Å². The minimum absolute atomic E-state index is 0.0811. The van der Waals surface area contributed by atoms with Gasteiger partial charge in [0.15, 0.2) is 11.5 Å². The van der Waals surface area contributed by atoms with Gasteiger partial charge in [0, 0.05) is 6.92 Å². The predicted molar refractivity (Wildman–Crippen MR) is 98.5 cm³/mol. The molecule has 0 aliphatic carbocycles. The summed E-state index contributed by atoms with van der Waals surface area (Å²) < 4.78 is 11.9. The van der Waals surface area contributed by atoms with E-state index in [9.17, 15) is 9.59 Å². The smallest absolute Gasteiger partial charge is 0.308 e. The third-order valence-corrected chi connectivity index (χ3v) is 5.23. The van der Waals surface area contributed by atoms with Gasteiger partial charge in [0.25, 0.3) is 0 Å². The molecule has 0 aromatic heterocycles. The Morgan fingerprint density at radius 2 is 2.18 bits per heavy atom. The molecule has 0 atom stereocenters. The number of benzene rings is 1. The summed E-state index contributed by atoms with van der Waals surface area (Å²) >= 11 is 4.62. The minimum Gasteiger partial charge on any atom is -0.493 e. The summed E-state index contributed by atoms with van der Waals surface area (Å²) in [4.78, 5) is 27.3. The van der Waals surface area contributed by atoms with Crippen LogP contribution in [0, 0.1) is 3.57 Å². The Balaban J connectivity index is 2.41. The fourth-order valence-corrected chi connectivity index (χ4v) is 3.70. The van der Waals surface area contributed by atoms with Crippen LogP contribution >= 0.6 is 46.1 Å². The molecule has 0 N–H and O–H groups in total. The Hall–Kier alpha value is -1.00. The summed E-state index contributed by atoms with van der Waals surface area (Å²) in [6, 6.07) is 3.51. The number of thioether (sulfide) groups is 2. The molecule has 22 heavy (non-hydrogen) atoms. The van der Waals surface area contributed by atoms with Gasteiger partial charge in [-0.2, -0.15) is 0 Å². The highest BCUT2D eigenvalue weighted by Gasteiger charge is 2.22. The van der Waals surface area contributed by atoms with Crippen molar-refractivity contribution in [1.82, 2.24) is 0 Å². The van der Waals surface area contributed by atoms with E-state index in [-0.39, 0.29) is 5.12 Å². The van der Waals surface area contributed by atoms with Crippen LogP contribution in [0.4, 0.5) is 0 Å². The second kappa shape index (κ2) is 7.51. The summed E-state index contributed by atoms with van der Waals surface area (Å²) in [6.07, 6.45) is 3.57.